The zero-order valence-electron chi connectivity index (χ0n) is 12.9. The molecule has 2 rings (SSSR count). The van der Waals surface area contributed by atoms with Crippen LogP contribution in [0.15, 0.2) is 18.2 Å². The predicted molar refractivity (Wildman–Crippen MR) is 79.6 cm³/mol. The van der Waals surface area contributed by atoms with Crippen molar-refractivity contribution in [3.8, 4) is 11.5 Å². The Morgan fingerprint density at radius 2 is 2.05 bits per heavy atom. The van der Waals surface area contributed by atoms with Crippen molar-refractivity contribution in [1.29, 1.82) is 0 Å². The Bertz CT molecular complexity index is 449. The number of hydrogen-bond acceptors (Lipinski definition) is 4. The van der Waals surface area contributed by atoms with E-state index in [-0.39, 0.29) is 11.6 Å². The number of ether oxygens (including phenoxy) is 3. The largest absolute Gasteiger partial charge is 0.493 e. The van der Waals surface area contributed by atoms with Crippen molar-refractivity contribution in [3.63, 3.8) is 0 Å². The summed E-state index contributed by atoms with van der Waals surface area (Å²) >= 11 is 0. The average molecular weight is 279 g/mol. The Morgan fingerprint density at radius 3 is 2.70 bits per heavy atom. The van der Waals surface area contributed by atoms with Crippen molar-refractivity contribution in [2.24, 2.45) is 0 Å². The van der Waals surface area contributed by atoms with Gasteiger partial charge in [-0.25, -0.2) is 0 Å². The van der Waals surface area contributed by atoms with Gasteiger partial charge >= 0.3 is 0 Å². The molecule has 0 aromatic heterocycles. The van der Waals surface area contributed by atoms with Crippen molar-refractivity contribution in [3.05, 3.63) is 23.8 Å². The van der Waals surface area contributed by atoms with Gasteiger partial charge in [-0.2, -0.15) is 0 Å². The van der Waals surface area contributed by atoms with Crippen LogP contribution in [0.1, 0.15) is 38.4 Å². The van der Waals surface area contributed by atoms with Crippen molar-refractivity contribution in [2.75, 3.05) is 27.4 Å². The van der Waals surface area contributed by atoms with E-state index in [4.69, 9.17) is 14.2 Å². The van der Waals surface area contributed by atoms with E-state index < -0.39 is 0 Å². The van der Waals surface area contributed by atoms with Gasteiger partial charge in [0.2, 0.25) is 0 Å². The fourth-order valence-electron chi connectivity index (χ4n) is 2.48. The highest BCUT2D eigenvalue weighted by molar-refractivity contribution is 5.43. The number of rotatable bonds is 4. The van der Waals surface area contributed by atoms with Gasteiger partial charge in [0.25, 0.3) is 0 Å². The number of hydrogen-bond donors (Lipinski definition) is 1. The van der Waals surface area contributed by atoms with Crippen LogP contribution in [0.3, 0.4) is 0 Å². The molecule has 1 aromatic rings. The molecule has 2 unspecified atom stereocenters. The molecular weight excluding hydrogens is 254 g/mol. The highest BCUT2D eigenvalue weighted by Gasteiger charge is 2.27. The summed E-state index contributed by atoms with van der Waals surface area (Å²) in [6, 6.07) is 5.98. The molecule has 0 bridgehead atoms. The van der Waals surface area contributed by atoms with Crippen LogP contribution in [0.2, 0.25) is 0 Å². The second-order valence-electron chi connectivity index (χ2n) is 5.52. The van der Waals surface area contributed by atoms with Crippen LogP contribution >= 0.6 is 0 Å². The van der Waals surface area contributed by atoms with Gasteiger partial charge in [-0.15, -0.1) is 0 Å². The average Bonchev–Trinajstić information content (AvgIpc) is 2.69. The zero-order valence-corrected chi connectivity index (χ0v) is 12.9. The highest BCUT2D eigenvalue weighted by atomic mass is 16.5. The summed E-state index contributed by atoms with van der Waals surface area (Å²) in [4.78, 5) is 0. The first kappa shape index (κ1) is 15.1. The third-order valence-electron chi connectivity index (χ3n) is 4.25. The molecule has 1 aromatic carbocycles. The van der Waals surface area contributed by atoms with Gasteiger partial charge in [0.1, 0.15) is 0 Å². The third kappa shape index (κ3) is 3.25. The summed E-state index contributed by atoms with van der Waals surface area (Å²) in [5.41, 5.74) is 1.29. The molecule has 4 heteroatoms. The first-order valence-corrected chi connectivity index (χ1v) is 7.20. The van der Waals surface area contributed by atoms with E-state index in [1.54, 1.807) is 14.2 Å². The van der Waals surface area contributed by atoms with E-state index in [1.807, 2.05) is 18.2 Å². The molecule has 1 aliphatic rings. The first-order valence-electron chi connectivity index (χ1n) is 7.20. The molecule has 0 spiro atoms. The Balaban J connectivity index is 2.15. The summed E-state index contributed by atoms with van der Waals surface area (Å²) in [6.07, 6.45) is 2.20. The van der Waals surface area contributed by atoms with Gasteiger partial charge in [0.05, 0.1) is 20.3 Å². The summed E-state index contributed by atoms with van der Waals surface area (Å²) in [7, 11) is 3.30. The lowest BCUT2D eigenvalue weighted by Gasteiger charge is -2.27. The Hall–Kier alpha value is -1.26. The monoisotopic (exact) mass is 279 g/mol. The maximum absolute atomic E-state index is 6.00. The second kappa shape index (κ2) is 6.46. The molecule has 1 fully saturated rings. The smallest absolute Gasteiger partial charge is 0.161 e. The van der Waals surface area contributed by atoms with Crippen LogP contribution in [-0.2, 0) is 4.74 Å². The van der Waals surface area contributed by atoms with Gasteiger partial charge in [-0.05, 0) is 37.5 Å². The number of nitrogens with one attached hydrogen (secondary N) is 1. The minimum absolute atomic E-state index is 0.0585. The van der Waals surface area contributed by atoms with Gasteiger partial charge in [-0.1, -0.05) is 13.0 Å². The van der Waals surface area contributed by atoms with Gasteiger partial charge in [0.15, 0.2) is 11.5 Å². The molecule has 1 saturated heterocycles. The summed E-state index contributed by atoms with van der Waals surface area (Å²) in [5.74, 6) is 1.49. The fourth-order valence-corrected chi connectivity index (χ4v) is 2.48. The minimum Gasteiger partial charge on any atom is -0.493 e. The topological polar surface area (TPSA) is 39.7 Å². The lowest BCUT2D eigenvalue weighted by molar-refractivity contribution is 0.0651. The SMILES string of the molecule is CCC1(C)CCOC(c2ccc(OC)c(OC)c2)CN1. The van der Waals surface area contributed by atoms with E-state index >= 15 is 0 Å². The molecule has 112 valence electrons. The van der Waals surface area contributed by atoms with Crippen LogP contribution in [0.4, 0.5) is 0 Å². The van der Waals surface area contributed by atoms with Crippen LogP contribution in [0.5, 0.6) is 11.5 Å². The molecule has 1 N–H and O–H groups in total. The van der Waals surface area contributed by atoms with Crippen molar-refractivity contribution < 1.29 is 14.2 Å². The minimum atomic E-state index is 0.0585. The summed E-state index contributed by atoms with van der Waals surface area (Å²) < 4.78 is 16.6. The first-order chi connectivity index (χ1) is 9.61. The zero-order chi connectivity index (χ0) is 14.6. The van der Waals surface area contributed by atoms with Crippen LogP contribution in [0.25, 0.3) is 0 Å². The van der Waals surface area contributed by atoms with Crippen LogP contribution < -0.4 is 14.8 Å². The quantitative estimate of drug-likeness (QED) is 0.920. The lowest BCUT2D eigenvalue weighted by atomic mass is 9.95. The van der Waals surface area contributed by atoms with Gasteiger partial charge in [-0.3, -0.25) is 0 Å². The maximum Gasteiger partial charge on any atom is 0.161 e. The molecule has 0 saturated carbocycles. The highest BCUT2D eigenvalue weighted by Crippen LogP contribution is 2.32. The molecule has 2 atom stereocenters. The molecule has 20 heavy (non-hydrogen) atoms. The van der Waals surface area contributed by atoms with Crippen LogP contribution in [-0.4, -0.2) is 32.9 Å². The van der Waals surface area contributed by atoms with Crippen molar-refractivity contribution >= 4 is 0 Å². The second-order valence-corrected chi connectivity index (χ2v) is 5.52. The third-order valence-corrected chi connectivity index (χ3v) is 4.25. The number of methoxy groups -OCH3 is 2. The molecule has 1 heterocycles. The van der Waals surface area contributed by atoms with E-state index in [1.165, 1.54) is 0 Å². The Kier molecular flexibility index (Phi) is 4.89. The molecule has 1 aliphatic heterocycles. The molecule has 0 radical (unpaired) electrons. The van der Waals surface area contributed by atoms with Gasteiger partial charge in [0, 0.05) is 18.7 Å². The fraction of sp³-hybridized carbons (Fsp3) is 0.625. The van der Waals surface area contributed by atoms with Crippen molar-refractivity contribution in [2.45, 2.75) is 38.3 Å². The summed E-state index contributed by atoms with van der Waals surface area (Å²) in [5, 5.41) is 3.63. The standard InChI is InChI=1S/C16H25NO3/c1-5-16(2)8-9-20-15(11-17-16)12-6-7-13(18-3)14(10-12)19-4/h6-7,10,15,17H,5,8-9,11H2,1-4H3. The molecule has 4 nitrogen and oxygen atoms in total. The van der Waals surface area contributed by atoms with E-state index in [0.717, 1.165) is 43.1 Å². The normalized spacial score (nSPS) is 26.9. The molecule has 0 aliphatic carbocycles. The van der Waals surface area contributed by atoms with Crippen molar-refractivity contribution in [1.82, 2.24) is 5.32 Å². The predicted octanol–water partition coefficient (Wildman–Crippen LogP) is 2.92. The Labute approximate surface area is 121 Å². The number of benzene rings is 1. The van der Waals surface area contributed by atoms with Crippen LogP contribution in [0, 0.1) is 0 Å². The van der Waals surface area contributed by atoms with Gasteiger partial charge < -0.3 is 19.5 Å². The summed E-state index contributed by atoms with van der Waals surface area (Å²) in [6.45, 7) is 6.06. The molecular formula is C16H25NO3. The Morgan fingerprint density at radius 1 is 1.30 bits per heavy atom. The molecule has 0 amide bonds. The van der Waals surface area contributed by atoms with E-state index in [0.29, 0.717) is 0 Å². The maximum atomic E-state index is 6.00. The van der Waals surface area contributed by atoms with E-state index in [2.05, 4.69) is 19.2 Å². The lowest BCUT2D eigenvalue weighted by Crippen LogP contribution is -2.42. The van der Waals surface area contributed by atoms with E-state index in [9.17, 15) is 0 Å².